The van der Waals surface area contributed by atoms with Gasteiger partial charge in [-0.1, -0.05) is 26.0 Å². The Balaban J connectivity index is 1.69. The Morgan fingerprint density at radius 2 is 2.08 bits per heavy atom. The number of amides is 1. The lowest BCUT2D eigenvalue weighted by atomic mass is 10.0. The Hall–Kier alpha value is -2.34. The first-order valence-electron chi connectivity index (χ1n) is 8.94. The molecule has 0 bridgehead atoms. The number of benzene rings is 1. The number of nitrogens with zero attached hydrogens (tertiary/aromatic N) is 3. The highest BCUT2D eigenvalue weighted by molar-refractivity contribution is 5.96. The summed E-state index contributed by atoms with van der Waals surface area (Å²) in [4.78, 5) is 14.9. The molecule has 1 aliphatic rings. The highest BCUT2D eigenvalue weighted by Gasteiger charge is 2.27. The number of fused-ring (bicyclic) bond motifs is 3. The van der Waals surface area contributed by atoms with Gasteiger partial charge in [0.05, 0.1) is 5.69 Å². The van der Waals surface area contributed by atoms with Crippen LogP contribution in [0.2, 0.25) is 0 Å². The third-order valence-corrected chi connectivity index (χ3v) is 4.71. The van der Waals surface area contributed by atoms with Crippen molar-refractivity contribution in [3.63, 3.8) is 0 Å². The first-order chi connectivity index (χ1) is 12.2. The van der Waals surface area contributed by atoms with Gasteiger partial charge in [-0.25, -0.2) is 0 Å². The smallest absolute Gasteiger partial charge is 0.272 e. The van der Waals surface area contributed by atoms with Crippen molar-refractivity contribution in [1.82, 2.24) is 20.0 Å². The molecule has 134 valence electrons. The number of rotatable bonds is 7. The number of aromatic nitrogens is 2. The zero-order valence-corrected chi connectivity index (χ0v) is 15.2. The van der Waals surface area contributed by atoms with Crippen LogP contribution < -0.4 is 10.1 Å². The lowest BCUT2D eigenvalue weighted by Gasteiger charge is -2.19. The second-order valence-electron chi connectivity index (χ2n) is 6.22. The third-order valence-electron chi connectivity index (χ3n) is 4.71. The van der Waals surface area contributed by atoms with Crippen LogP contribution in [0.5, 0.6) is 5.75 Å². The Bertz CT molecular complexity index is 750. The number of nitrogens with one attached hydrogen (secondary N) is 1. The number of hydrogen-bond donors (Lipinski definition) is 1. The van der Waals surface area contributed by atoms with Crippen LogP contribution in [0.4, 0.5) is 0 Å². The van der Waals surface area contributed by atoms with E-state index >= 15 is 0 Å². The second kappa shape index (κ2) is 7.70. The highest BCUT2D eigenvalue weighted by Crippen LogP contribution is 2.38. The SMILES string of the molecule is CCN(CC)CCCNC(=O)c1nn(C)c2c1COc1ccccc1-2. The summed E-state index contributed by atoms with van der Waals surface area (Å²) in [5, 5.41) is 7.44. The minimum atomic E-state index is -0.126. The number of aryl methyl sites for hydroxylation is 1. The zero-order chi connectivity index (χ0) is 17.8. The summed E-state index contributed by atoms with van der Waals surface area (Å²) in [5.41, 5.74) is 3.28. The van der Waals surface area contributed by atoms with E-state index in [0.29, 0.717) is 18.8 Å². The van der Waals surface area contributed by atoms with Gasteiger partial charge in [0.1, 0.15) is 12.4 Å². The highest BCUT2D eigenvalue weighted by atomic mass is 16.5. The Labute approximate surface area is 148 Å². The van der Waals surface area contributed by atoms with Crippen molar-refractivity contribution in [3.05, 3.63) is 35.5 Å². The molecule has 0 atom stereocenters. The molecule has 6 nitrogen and oxygen atoms in total. The van der Waals surface area contributed by atoms with E-state index in [2.05, 4.69) is 29.2 Å². The molecule has 0 radical (unpaired) electrons. The van der Waals surface area contributed by atoms with Gasteiger partial charge in [0.2, 0.25) is 0 Å². The molecular formula is C19H26N4O2. The number of para-hydroxylation sites is 1. The number of hydrogen-bond acceptors (Lipinski definition) is 4. The normalized spacial score (nSPS) is 12.5. The first kappa shape index (κ1) is 17.5. The molecule has 2 aromatic rings. The molecule has 1 N–H and O–H groups in total. The van der Waals surface area contributed by atoms with Crippen LogP contribution >= 0.6 is 0 Å². The molecule has 1 aliphatic heterocycles. The fourth-order valence-electron chi connectivity index (χ4n) is 3.29. The lowest BCUT2D eigenvalue weighted by Crippen LogP contribution is -2.30. The summed E-state index contributed by atoms with van der Waals surface area (Å²) in [6.07, 6.45) is 0.932. The molecule has 2 heterocycles. The average Bonchev–Trinajstić information content (AvgIpc) is 2.99. The van der Waals surface area contributed by atoms with E-state index < -0.39 is 0 Å². The molecular weight excluding hydrogens is 316 g/mol. The monoisotopic (exact) mass is 342 g/mol. The maximum atomic E-state index is 12.6. The Morgan fingerprint density at radius 1 is 1.32 bits per heavy atom. The van der Waals surface area contributed by atoms with Crippen LogP contribution in [0, 0.1) is 0 Å². The van der Waals surface area contributed by atoms with E-state index in [1.807, 2.05) is 31.3 Å². The van der Waals surface area contributed by atoms with Gasteiger partial charge in [-0.15, -0.1) is 0 Å². The molecule has 0 unspecified atom stereocenters. The van der Waals surface area contributed by atoms with Crippen molar-refractivity contribution in [1.29, 1.82) is 0 Å². The van der Waals surface area contributed by atoms with E-state index in [9.17, 15) is 4.79 Å². The van der Waals surface area contributed by atoms with Gasteiger partial charge >= 0.3 is 0 Å². The molecule has 1 aromatic carbocycles. The fraction of sp³-hybridized carbons (Fsp3) is 0.474. The quantitative estimate of drug-likeness (QED) is 0.785. The van der Waals surface area contributed by atoms with Crippen molar-refractivity contribution in [3.8, 4) is 17.0 Å². The maximum absolute atomic E-state index is 12.6. The predicted octanol–water partition coefficient (Wildman–Crippen LogP) is 2.44. The number of carbonyl (C=O) groups is 1. The van der Waals surface area contributed by atoms with Crippen LogP contribution in [0.1, 0.15) is 36.3 Å². The topological polar surface area (TPSA) is 59.4 Å². The molecule has 25 heavy (non-hydrogen) atoms. The molecule has 1 aromatic heterocycles. The van der Waals surface area contributed by atoms with Crippen LogP contribution in [-0.2, 0) is 13.7 Å². The van der Waals surface area contributed by atoms with Crippen molar-refractivity contribution >= 4 is 5.91 Å². The third kappa shape index (κ3) is 3.54. The van der Waals surface area contributed by atoms with Gasteiger partial charge in [0.15, 0.2) is 5.69 Å². The van der Waals surface area contributed by atoms with E-state index in [-0.39, 0.29) is 5.91 Å². The van der Waals surface area contributed by atoms with Gasteiger partial charge in [0, 0.05) is 24.7 Å². The maximum Gasteiger partial charge on any atom is 0.272 e. The molecule has 6 heteroatoms. The molecule has 0 saturated heterocycles. The first-order valence-corrected chi connectivity index (χ1v) is 8.94. The largest absolute Gasteiger partial charge is 0.488 e. The van der Waals surface area contributed by atoms with E-state index in [4.69, 9.17) is 4.74 Å². The fourth-order valence-corrected chi connectivity index (χ4v) is 3.29. The van der Waals surface area contributed by atoms with Gasteiger partial charge in [-0.05, 0) is 38.2 Å². The van der Waals surface area contributed by atoms with E-state index in [1.54, 1.807) is 4.68 Å². The average molecular weight is 342 g/mol. The zero-order valence-electron chi connectivity index (χ0n) is 15.2. The van der Waals surface area contributed by atoms with Crippen molar-refractivity contribution < 1.29 is 9.53 Å². The van der Waals surface area contributed by atoms with Crippen molar-refractivity contribution in [2.24, 2.45) is 7.05 Å². The van der Waals surface area contributed by atoms with Gasteiger partial charge in [0.25, 0.3) is 5.91 Å². The van der Waals surface area contributed by atoms with Gasteiger partial charge < -0.3 is 15.0 Å². The van der Waals surface area contributed by atoms with E-state index in [0.717, 1.165) is 48.6 Å². The molecule has 3 rings (SSSR count). The van der Waals surface area contributed by atoms with Gasteiger partial charge in [-0.2, -0.15) is 5.10 Å². The van der Waals surface area contributed by atoms with Crippen LogP contribution in [0.25, 0.3) is 11.3 Å². The molecule has 0 fully saturated rings. The number of ether oxygens (including phenoxy) is 1. The molecule has 0 spiro atoms. The summed E-state index contributed by atoms with van der Waals surface area (Å²) >= 11 is 0. The molecule has 1 amide bonds. The lowest BCUT2D eigenvalue weighted by molar-refractivity contribution is 0.0943. The summed E-state index contributed by atoms with van der Waals surface area (Å²) in [7, 11) is 1.87. The second-order valence-corrected chi connectivity index (χ2v) is 6.22. The summed E-state index contributed by atoms with van der Waals surface area (Å²) in [6.45, 7) is 8.40. The Kier molecular flexibility index (Phi) is 5.38. The minimum Gasteiger partial charge on any atom is -0.488 e. The summed E-state index contributed by atoms with van der Waals surface area (Å²) < 4.78 is 7.58. The van der Waals surface area contributed by atoms with Gasteiger partial charge in [-0.3, -0.25) is 9.48 Å². The van der Waals surface area contributed by atoms with Crippen LogP contribution in [0.3, 0.4) is 0 Å². The van der Waals surface area contributed by atoms with E-state index in [1.165, 1.54) is 0 Å². The summed E-state index contributed by atoms with van der Waals surface area (Å²) in [5.74, 6) is 0.712. The number of carbonyl (C=O) groups excluding carboxylic acids is 1. The van der Waals surface area contributed by atoms with Crippen LogP contribution in [0.15, 0.2) is 24.3 Å². The molecule has 0 aliphatic carbocycles. The van der Waals surface area contributed by atoms with Crippen LogP contribution in [-0.4, -0.2) is 46.8 Å². The standard InChI is InChI=1S/C19H26N4O2/c1-4-23(5-2)12-8-11-20-19(24)17-15-13-25-16-10-7-6-9-14(16)18(15)22(3)21-17/h6-7,9-10H,4-5,8,11-13H2,1-3H3,(H,20,24). The predicted molar refractivity (Wildman–Crippen MR) is 97.7 cm³/mol. The van der Waals surface area contributed by atoms with Crippen molar-refractivity contribution in [2.75, 3.05) is 26.2 Å². The molecule has 0 saturated carbocycles. The summed E-state index contributed by atoms with van der Waals surface area (Å²) in [6, 6.07) is 7.86. The minimum absolute atomic E-state index is 0.126. The Morgan fingerprint density at radius 3 is 2.84 bits per heavy atom. The van der Waals surface area contributed by atoms with Crippen molar-refractivity contribution in [2.45, 2.75) is 26.9 Å².